The first-order chi connectivity index (χ1) is 14.1. The van der Waals surface area contributed by atoms with Gasteiger partial charge in [0.2, 0.25) is 0 Å². The van der Waals surface area contributed by atoms with Gasteiger partial charge in [0.1, 0.15) is 0 Å². The van der Waals surface area contributed by atoms with Crippen LogP contribution in [0.2, 0.25) is 0 Å². The van der Waals surface area contributed by atoms with Crippen molar-refractivity contribution in [2.45, 2.75) is 49.4 Å². The van der Waals surface area contributed by atoms with Crippen LogP contribution in [-0.2, 0) is 6.54 Å². The number of hydrogen-bond donors (Lipinski definition) is 0. The molecule has 0 aliphatic carbocycles. The van der Waals surface area contributed by atoms with Gasteiger partial charge in [-0.3, -0.25) is 9.69 Å². The van der Waals surface area contributed by atoms with E-state index >= 15 is 0 Å². The Morgan fingerprint density at radius 3 is 2.34 bits per heavy atom. The molecule has 1 amide bonds. The number of amides is 1. The first-order valence-electron chi connectivity index (χ1n) is 10.2. The molecule has 2 aromatic carbocycles. The fraction of sp³-hybridized carbons (Fsp3) is 0.435. The Hall–Kier alpha value is -1.92. The van der Waals surface area contributed by atoms with E-state index in [4.69, 9.17) is 0 Å². The number of benzene rings is 2. The zero-order valence-corrected chi connectivity index (χ0v) is 17.6. The van der Waals surface area contributed by atoms with Crippen LogP contribution in [0.4, 0.5) is 8.78 Å². The highest BCUT2D eigenvalue weighted by Crippen LogP contribution is 2.26. The Kier molecular flexibility index (Phi) is 8.07. The fourth-order valence-corrected chi connectivity index (χ4v) is 4.39. The maximum Gasteiger partial charge on any atom is 0.288 e. The van der Waals surface area contributed by atoms with Crippen LogP contribution in [0.5, 0.6) is 0 Å². The minimum absolute atomic E-state index is 0.109. The van der Waals surface area contributed by atoms with Crippen molar-refractivity contribution in [2.24, 2.45) is 0 Å². The van der Waals surface area contributed by atoms with Crippen LogP contribution >= 0.6 is 11.8 Å². The summed E-state index contributed by atoms with van der Waals surface area (Å²) in [6.07, 6.45) is 2.97. The third kappa shape index (κ3) is 6.28. The Morgan fingerprint density at radius 1 is 1.10 bits per heavy atom. The Balaban J connectivity index is 1.57. The molecular weight excluding hydrogens is 390 g/mol. The van der Waals surface area contributed by atoms with Crippen LogP contribution in [-0.4, -0.2) is 47.1 Å². The van der Waals surface area contributed by atoms with Gasteiger partial charge in [-0.2, -0.15) is 8.78 Å². The molecule has 0 saturated carbocycles. The van der Waals surface area contributed by atoms with E-state index in [0.717, 1.165) is 56.6 Å². The predicted molar refractivity (Wildman–Crippen MR) is 114 cm³/mol. The zero-order chi connectivity index (χ0) is 20.6. The molecule has 3 rings (SSSR count). The van der Waals surface area contributed by atoms with Gasteiger partial charge < -0.3 is 4.90 Å². The van der Waals surface area contributed by atoms with Crippen molar-refractivity contribution >= 4 is 17.7 Å². The summed E-state index contributed by atoms with van der Waals surface area (Å²) < 4.78 is 25.0. The molecule has 0 unspecified atom stereocenters. The maximum absolute atomic E-state index is 12.7. The number of thioether (sulfide) groups is 1. The second-order valence-corrected chi connectivity index (χ2v) is 8.45. The number of piperidine rings is 1. The van der Waals surface area contributed by atoms with Gasteiger partial charge in [-0.25, -0.2) is 0 Å². The van der Waals surface area contributed by atoms with E-state index in [9.17, 15) is 13.6 Å². The van der Waals surface area contributed by atoms with Gasteiger partial charge in [0.15, 0.2) is 0 Å². The standard InChI is InChI=1S/C23H28F2N2OS/c1-2-14-27(17-18-8-10-21(11-9-18)29-23(24)25)20-12-15-26(16-13-20)22(28)19-6-4-3-5-7-19/h3-11,20,23H,2,12-17H2,1H3. The van der Waals surface area contributed by atoms with Gasteiger partial charge in [0, 0.05) is 36.1 Å². The van der Waals surface area contributed by atoms with Crippen molar-refractivity contribution in [1.82, 2.24) is 9.80 Å². The van der Waals surface area contributed by atoms with E-state index in [1.54, 1.807) is 12.1 Å². The second-order valence-electron chi connectivity index (χ2n) is 7.38. The normalized spacial score (nSPS) is 15.3. The molecule has 2 aromatic rings. The van der Waals surface area contributed by atoms with Gasteiger partial charge in [0.05, 0.1) is 0 Å². The highest BCUT2D eigenvalue weighted by atomic mass is 32.2. The molecule has 0 aromatic heterocycles. The van der Waals surface area contributed by atoms with Gasteiger partial charge in [-0.15, -0.1) is 0 Å². The van der Waals surface area contributed by atoms with Crippen molar-refractivity contribution in [3.8, 4) is 0 Å². The Labute approximate surface area is 176 Å². The van der Waals surface area contributed by atoms with Crippen molar-refractivity contribution in [1.29, 1.82) is 0 Å². The van der Waals surface area contributed by atoms with Crippen molar-refractivity contribution in [2.75, 3.05) is 19.6 Å². The molecule has 3 nitrogen and oxygen atoms in total. The van der Waals surface area contributed by atoms with Crippen LogP contribution in [0.15, 0.2) is 59.5 Å². The largest absolute Gasteiger partial charge is 0.339 e. The van der Waals surface area contributed by atoms with Crippen molar-refractivity contribution in [3.63, 3.8) is 0 Å². The monoisotopic (exact) mass is 418 g/mol. The first-order valence-corrected chi connectivity index (χ1v) is 11.1. The van der Waals surface area contributed by atoms with Crippen molar-refractivity contribution in [3.05, 3.63) is 65.7 Å². The fourth-order valence-electron chi connectivity index (χ4n) is 3.89. The molecule has 6 heteroatoms. The number of hydrogen-bond acceptors (Lipinski definition) is 3. The summed E-state index contributed by atoms with van der Waals surface area (Å²) in [6, 6.07) is 17.3. The Morgan fingerprint density at radius 2 is 1.76 bits per heavy atom. The summed E-state index contributed by atoms with van der Waals surface area (Å²) >= 11 is 0.581. The number of carbonyl (C=O) groups is 1. The number of likely N-dealkylation sites (tertiary alicyclic amines) is 1. The van der Waals surface area contributed by atoms with Crippen LogP contribution in [0.3, 0.4) is 0 Å². The summed E-state index contributed by atoms with van der Waals surface area (Å²) in [5.41, 5.74) is 1.89. The SMILES string of the molecule is CCCN(Cc1ccc(SC(F)F)cc1)C1CCN(C(=O)c2ccccc2)CC1. The molecule has 29 heavy (non-hydrogen) atoms. The highest BCUT2D eigenvalue weighted by molar-refractivity contribution is 7.99. The maximum atomic E-state index is 12.7. The van der Waals surface area contributed by atoms with E-state index in [1.165, 1.54) is 0 Å². The molecule has 156 valence electrons. The summed E-state index contributed by atoms with van der Waals surface area (Å²) in [5, 5.41) is 0. The highest BCUT2D eigenvalue weighted by Gasteiger charge is 2.27. The lowest BCUT2D eigenvalue weighted by Gasteiger charge is -2.38. The molecule has 0 N–H and O–H groups in total. The summed E-state index contributed by atoms with van der Waals surface area (Å²) in [5.74, 6) is -2.28. The number of halogens is 2. The third-order valence-corrected chi connectivity index (χ3v) is 6.06. The Bertz CT molecular complexity index is 762. The third-order valence-electron chi connectivity index (χ3n) is 5.33. The van der Waals surface area contributed by atoms with Gasteiger partial charge >= 0.3 is 0 Å². The number of rotatable bonds is 8. The molecule has 0 radical (unpaired) electrons. The van der Waals surface area contributed by atoms with Crippen LogP contribution in [0.25, 0.3) is 0 Å². The lowest BCUT2D eigenvalue weighted by molar-refractivity contribution is 0.0607. The smallest absolute Gasteiger partial charge is 0.288 e. The summed E-state index contributed by atoms with van der Waals surface area (Å²) in [4.78, 5) is 17.7. The molecule has 1 saturated heterocycles. The van der Waals surface area contributed by atoms with Crippen molar-refractivity contribution < 1.29 is 13.6 Å². The molecule has 1 aliphatic heterocycles. The molecule has 1 heterocycles. The second kappa shape index (κ2) is 10.7. The van der Waals surface area contributed by atoms with Gasteiger partial charge in [-0.1, -0.05) is 49.0 Å². The number of carbonyl (C=O) groups excluding carboxylic acids is 1. The summed E-state index contributed by atoms with van der Waals surface area (Å²) in [6.45, 7) is 5.50. The van der Waals surface area contributed by atoms with Crippen LogP contribution < -0.4 is 0 Å². The molecule has 1 fully saturated rings. The lowest BCUT2D eigenvalue weighted by Crippen LogP contribution is -2.46. The summed E-state index contributed by atoms with van der Waals surface area (Å²) in [7, 11) is 0. The van der Waals surface area contributed by atoms with E-state index < -0.39 is 5.76 Å². The van der Waals surface area contributed by atoms with Crippen LogP contribution in [0, 0.1) is 0 Å². The van der Waals surface area contributed by atoms with Gasteiger partial charge in [-0.05, 0) is 55.6 Å². The van der Waals surface area contributed by atoms with Gasteiger partial charge in [0.25, 0.3) is 11.7 Å². The minimum Gasteiger partial charge on any atom is -0.339 e. The predicted octanol–water partition coefficient (Wildman–Crippen LogP) is 5.52. The quantitative estimate of drug-likeness (QED) is 0.528. The number of nitrogens with zero attached hydrogens (tertiary/aromatic N) is 2. The molecule has 0 bridgehead atoms. The average molecular weight is 419 g/mol. The first kappa shape index (κ1) is 21.8. The van der Waals surface area contributed by atoms with E-state index in [0.29, 0.717) is 22.7 Å². The lowest BCUT2D eigenvalue weighted by atomic mass is 10.0. The topological polar surface area (TPSA) is 23.6 Å². The molecular formula is C23H28F2N2OS. The molecule has 0 atom stereocenters. The van der Waals surface area contributed by atoms with E-state index in [-0.39, 0.29) is 5.91 Å². The van der Waals surface area contributed by atoms with E-state index in [2.05, 4.69) is 11.8 Å². The van der Waals surface area contributed by atoms with Crippen LogP contribution in [0.1, 0.15) is 42.1 Å². The molecule has 1 aliphatic rings. The molecule has 0 spiro atoms. The zero-order valence-electron chi connectivity index (χ0n) is 16.8. The minimum atomic E-state index is -2.39. The van der Waals surface area contributed by atoms with E-state index in [1.807, 2.05) is 47.4 Å². The number of alkyl halides is 2. The average Bonchev–Trinajstić information content (AvgIpc) is 2.74.